The van der Waals surface area contributed by atoms with Crippen molar-refractivity contribution in [3.63, 3.8) is 0 Å². The van der Waals surface area contributed by atoms with Crippen LogP contribution in [0.5, 0.6) is 0 Å². The van der Waals surface area contributed by atoms with Crippen LogP contribution in [0.1, 0.15) is 19.3 Å². The lowest BCUT2D eigenvalue weighted by Gasteiger charge is -2.36. The van der Waals surface area contributed by atoms with Gasteiger partial charge in [-0.05, 0) is 48.9 Å². The fourth-order valence-electron chi connectivity index (χ4n) is 8.98. The summed E-state index contributed by atoms with van der Waals surface area (Å²) in [6.07, 6.45) is 7.17. The van der Waals surface area contributed by atoms with Gasteiger partial charge in [0, 0.05) is 23.7 Å². The average molecular weight is 481 g/mol. The minimum atomic E-state index is -3.89. The zero-order valence-corrected chi connectivity index (χ0v) is 19.5. The number of sulfone groups is 2. The summed E-state index contributed by atoms with van der Waals surface area (Å²) in [5.74, 6) is -0.153. The average Bonchev–Trinajstić information content (AvgIpc) is 3.60. The highest BCUT2D eigenvalue weighted by Gasteiger charge is 3.01. The highest BCUT2D eigenvalue weighted by molar-refractivity contribution is 7.96. The zero-order valence-electron chi connectivity index (χ0n) is 17.9. The van der Waals surface area contributed by atoms with Crippen molar-refractivity contribution in [1.29, 1.82) is 0 Å². The van der Waals surface area contributed by atoms with Gasteiger partial charge >= 0.3 is 0 Å². The van der Waals surface area contributed by atoms with Crippen LogP contribution in [0.15, 0.2) is 82.6 Å². The van der Waals surface area contributed by atoms with Crippen molar-refractivity contribution >= 4 is 19.7 Å². The third kappa shape index (κ3) is 1.85. The molecule has 8 atom stereocenters. The largest absolute Gasteiger partial charge is 0.360 e. The number of rotatable bonds is 4. The van der Waals surface area contributed by atoms with Gasteiger partial charge in [0.15, 0.2) is 19.7 Å². The van der Waals surface area contributed by atoms with E-state index in [1.807, 2.05) is 0 Å². The predicted molar refractivity (Wildman–Crippen MR) is 121 cm³/mol. The number of fused-ring (bicyclic) bond motifs is 2. The molecular weight excluding hydrogens is 456 g/mol. The summed E-state index contributed by atoms with van der Waals surface area (Å²) in [4.78, 5) is 0.431. The van der Waals surface area contributed by atoms with Crippen molar-refractivity contribution in [1.82, 2.24) is 0 Å². The van der Waals surface area contributed by atoms with Gasteiger partial charge in [-0.2, -0.15) is 0 Å². The Morgan fingerprint density at radius 1 is 0.667 bits per heavy atom. The van der Waals surface area contributed by atoms with E-state index >= 15 is 0 Å². The molecule has 8 unspecified atom stereocenters. The van der Waals surface area contributed by atoms with Crippen molar-refractivity contribution in [2.45, 2.75) is 50.8 Å². The molecule has 2 aromatic carbocycles. The Bertz CT molecular complexity index is 1340. The molecule has 5 nitrogen and oxygen atoms in total. The van der Waals surface area contributed by atoms with Crippen LogP contribution in [0.2, 0.25) is 0 Å². The molecule has 4 saturated carbocycles. The van der Waals surface area contributed by atoms with E-state index in [9.17, 15) is 16.8 Å². The van der Waals surface area contributed by atoms with E-state index in [4.69, 9.17) is 4.74 Å². The standard InChI is InChI=1S/C26H24O5S2/c27-32(28,18-7-3-1-4-8-18)20-21(33(29,30)19-9-5-2-6-10-19)23-24(13-14-24)22(20)25-16-11-12-17(15-16)26(23,25)31-25/h1-12,16-17,20-23H,13-15H2. The molecular formula is C26H24O5S2. The van der Waals surface area contributed by atoms with Gasteiger partial charge in [-0.1, -0.05) is 48.6 Å². The smallest absolute Gasteiger partial charge is 0.182 e. The first-order valence-electron chi connectivity index (χ1n) is 11.8. The Morgan fingerprint density at radius 3 is 1.48 bits per heavy atom. The Labute approximate surface area is 193 Å². The van der Waals surface area contributed by atoms with Crippen LogP contribution in [0.3, 0.4) is 0 Å². The first-order valence-corrected chi connectivity index (χ1v) is 14.9. The summed E-state index contributed by atoms with van der Waals surface area (Å²) in [5.41, 5.74) is -1.23. The number of ether oxygens (including phenoxy) is 1. The quantitative estimate of drug-likeness (QED) is 0.495. The number of hydrogen-bond donors (Lipinski definition) is 0. The lowest BCUT2D eigenvalue weighted by Crippen LogP contribution is -2.54. The van der Waals surface area contributed by atoms with Crippen molar-refractivity contribution in [3.8, 4) is 0 Å². The topological polar surface area (TPSA) is 80.8 Å². The maximum absolute atomic E-state index is 14.2. The number of benzene rings is 2. The lowest BCUT2D eigenvalue weighted by molar-refractivity contribution is 0.0482. The molecule has 7 heteroatoms. The van der Waals surface area contributed by atoms with Gasteiger partial charge in [0.2, 0.25) is 0 Å². The second-order valence-corrected chi connectivity index (χ2v) is 15.1. The molecule has 4 bridgehead atoms. The summed E-state index contributed by atoms with van der Waals surface area (Å²) < 4.78 is 63.6. The molecule has 0 aromatic heterocycles. The Balaban J connectivity index is 1.40. The van der Waals surface area contributed by atoms with Crippen LogP contribution in [-0.4, -0.2) is 38.5 Å². The Hall–Kier alpha value is -1.96. The van der Waals surface area contributed by atoms with Crippen LogP contribution >= 0.6 is 0 Å². The highest BCUT2D eigenvalue weighted by Crippen LogP contribution is 2.92. The van der Waals surface area contributed by atoms with Gasteiger partial charge in [-0.3, -0.25) is 0 Å². The van der Waals surface area contributed by atoms with E-state index in [1.54, 1.807) is 60.7 Å². The number of epoxide rings is 1. The molecule has 1 heterocycles. The third-order valence-corrected chi connectivity index (χ3v) is 14.5. The monoisotopic (exact) mass is 480 g/mol. The lowest BCUT2D eigenvalue weighted by atomic mass is 9.73. The van der Waals surface area contributed by atoms with Crippen molar-refractivity contribution in [3.05, 3.63) is 72.8 Å². The Kier molecular flexibility index (Phi) is 3.21. The molecule has 170 valence electrons. The van der Waals surface area contributed by atoms with Gasteiger partial charge in [0.1, 0.15) is 11.2 Å². The van der Waals surface area contributed by atoms with E-state index in [-0.39, 0.29) is 38.9 Å². The summed E-state index contributed by atoms with van der Waals surface area (Å²) in [7, 11) is -7.79. The van der Waals surface area contributed by atoms with Gasteiger partial charge < -0.3 is 4.74 Å². The van der Waals surface area contributed by atoms with Gasteiger partial charge in [0.25, 0.3) is 0 Å². The molecule has 8 rings (SSSR count). The minimum Gasteiger partial charge on any atom is -0.360 e. The normalized spacial score (nSPS) is 44.7. The maximum Gasteiger partial charge on any atom is 0.182 e. The minimum absolute atomic E-state index is 0.198. The SMILES string of the molecule is O=S(=O)(c1ccccc1)C1C2C3(CC3)C(C1S(=O)(=O)c1ccccc1)C13OC21C1C=CC3C1. The van der Waals surface area contributed by atoms with Crippen molar-refractivity contribution in [2.75, 3.05) is 0 Å². The van der Waals surface area contributed by atoms with Gasteiger partial charge in [-0.15, -0.1) is 0 Å². The molecule has 0 radical (unpaired) electrons. The summed E-state index contributed by atoms with van der Waals surface area (Å²) in [5, 5.41) is -1.97. The molecule has 5 aliphatic carbocycles. The van der Waals surface area contributed by atoms with Crippen LogP contribution < -0.4 is 0 Å². The second-order valence-electron chi connectivity index (χ2n) is 10.9. The summed E-state index contributed by atoms with van der Waals surface area (Å²) in [6, 6.07) is 16.8. The third-order valence-electron chi connectivity index (χ3n) is 9.92. The van der Waals surface area contributed by atoms with Crippen LogP contribution in [0, 0.1) is 29.1 Å². The second kappa shape index (κ2) is 5.47. The van der Waals surface area contributed by atoms with E-state index in [1.165, 1.54) is 0 Å². The first kappa shape index (κ1) is 19.4. The van der Waals surface area contributed by atoms with E-state index in [2.05, 4.69) is 12.2 Å². The molecule has 0 amide bonds. The van der Waals surface area contributed by atoms with Gasteiger partial charge in [-0.25, -0.2) is 16.8 Å². The molecule has 0 N–H and O–H groups in total. The summed E-state index contributed by atoms with van der Waals surface area (Å²) in [6.45, 7) is 0. The molecule has 1 aliphatic heterocycles. The zero-order chi connectivity index (χ0) is 22.4. The van der Waals surface area contributed by atoms with Crippen LogP contribution in [0.25, 0.3) is 0 Å². The molecule has 6 aliphatic rings. The molecule has 33 heavy (non-hydrogen) atoms. The predicted octanol–water partition coefficient (Wildman–Crippen LogP) is 3.42. The van der Waals surface area contributed by atoms with E-state index < -0.39 is 41.4 Å². The molecule has 1 saturated heterocycles. The van der Waals surface area contributed by atoms with E-state index in [0.29, 0.717) is 0 Å². The fourth-order valence-corrected chi connectivity index (χ4v) is 14.2. The number of hydrogen-bond acceptors (Lipinski definition) is 5. The van der Waals surface area contributed by atoms with Crippen molar-refractivity contribution < 1.29 is 21.6 Å². The van der Waals surface area contributed by atoms with Crippen LogP contribution in [-0.2, 0) is 24.4 Å². The molecule has 5 fully saturated rings. The van der Waals surface area contributed by atoms with Crippen LogP contribution in [0.4, 0.5) is 0 Å². The fraction of sp³-hybridized carbons (Fsp3) is 0.462. The highest BCUT2D eigenvalue weighted by atomic mass is 32.2. The maximum atomic E-state index is 14.2. The van der Waals surface area contributed by atoms with E-state index in [0.717, 1.165) is 19.3 Å². The Morgan fingerprint density at radius 2 is 1.09 bits per heavy atom. The van der Waals surface area contributed by atoms with Crippen molar-refractivity contribution in [2.24, 2.45) is 29.1 Å². The molecule has 2 aromatic rings. The summed E-state index contributed by atoms with van der Waals surface area (Å²) >= 11 is 0. The first-order chi connectivity index (χ1) is 15.8. The molecule has 1 spiro atoms. The van der Waals surface area contributed by atoms with Gasteiger partial charge in [0.05, 0.1) is 20.3 Å².